The van der Waals surface area contributed by atoms with Crippen molar-refractivity contribution in [1.82, 2.24) is 24.6 Å². The lowest BCUT2D eigenvalue weighted by Crippen LogP contribution is -1.93. The maximum Gasteiger partial charge on any atom is 0.170 e. The van der Waals surface area contributed by atoms with Crippen molar-refractivity contribution in [3.63, 3.8) is 0 Å². The second-order valence-electron chi connectivity index (χ2n) is 4.51. The number of pyridine rings is 1. The molecule has 0 spiro atoms. The molecule has 0 N–H and O–H groups in total. The van der Waals surface area contributed by atoms with Crippen molar-refractivity contribution in [2.75, 3.05) is 0 Å². The van der Waals surface area contributed by atoms with Crippen LogP contribution in [-0.4, -0.2) is 24.6 Å². The Morgan fingerprint density at radius 2 is 1.90 bits per heavy atom. The predicted molar refractivity (Wildman–Crippen MR) is 76.2 cm³/mol. The van der Waals surface area contributed by atoms with E-state index in [2.05, 4.69) is 26.2 Å². The number of nitriles is 1. The molecule has 0 amide bonds. The minimum atomic E-state index is 0.551. The molecule has 0 bridgehead atoms. The van der Waals surface area contributed by atoms with E-state index in [0.29, 0.717) is 17.0 Å². The molecule has 3 aromatic heterocycles. The zero-order valence-corrected chi connectivity index (χ0v) is 10.8. The maximum atomic E-state index is 9.04. The van der Waals surface area contributed by atoms with Gasteiger partial charge in [0.15, 0.2) is 11.5 Å². The molecule has 0 aliphatic rings. The Kier molecular flexibility index (Phi) is 2.38. The number of hydrogen-bond acceptors (Lipinski definition) is 5. The lowest BCUT2D eigenvalue weighted by atomic mass is 10.1. The summed E-state index contributed by atoms with van der Waals surface area (Å²) in [5.41, 5.74) is 3.63. The van der Waals surface area contributed by atoms with Gasteiger partial charge in [-0.3, -0.25) is 14.4 Å². The van der Waals surface area contributed by atoms with Gasteiger partial charge in [0.2, 0.25) is 0 Å². The molecule has 1 aromatic carbocycles. The Labute approximate surface area is 119 Å². The van der Waals surface area contributed by atoms with Crippen LogP contribution in [0.1, 0.15) is 5.56 Å². The number of hydrogen-bond donors (Lipinski definition) is 0. The van der Waals surface area contributed by atoms with Crippen molar-refractivity contribution in [3.8, 4) is 17.5 Å². The normalized spacial score (nSPS) is 10.8. The molecule has 3 heterocycles. The van der Waals surface area contributed by atoms with Gasteiger partial charge in [-0.1, -0.05) is 6.07 Å². The molecule has 6 nitrogen and oxygen atoms in total. The number of nitrogens with zero attached hydrogens (tertiary/aromatic N) is 6. The molecule has 6 heteroatoms. The Hall–Kier alpha value is -3.33. The van der Waals surface area contributed by atoms with Crippen molar-refractivity contribution in [3.05, 3.63) is 54.5 Å². The SMILES string of the molecule is N#Cc1ccc2nnc(-c3cccc4nccnc34)n2c1. The van der Waals surface area contributed by atoms with Crippen LogP contribution in [-0.2, 0) is 0 Å². The van der Waals surface area contributed by atoms with Crippen LogP contribution in [0.25, 0.3) is 28.1 Å². The van der Waals surface area contributed by atoms with E-state index in [1.807, 2.05) is 18.2 Å². The second-order valence-corrected chi connectivity index (χ2v) is 4.51. The molecule has 21 heavy (non-hydrogen) atoms. The van der Waals surface area contributed by atoms with E-state index >= 15 is 0 Å². The molecule has 0 aliphatic carbocycles. The van der Waals surface area contributed by atoms with Crippen LogP contribution in [0.3, 0.4) is 0 Å². The molecule has 0 radical (unpaired) electrons. The monoisotopic (exact) mass is 272 g/mol. The Balaban J connectivity index is 2.07. The Bertz CT molecular complexity index is 1010. The quantitative estimate of drug-likeness (QED) is 0.530. The maximum absolute atomic E-state index is 9.04. The first-order valence-electron chi connectivity index (χ1n) is 6.32. The van der Waals surface area contributed by atoms with Gasteiger partial charge in [-0.25, -0.2) is 0 Å². The first-order valence-corrected chi connectivity index (χ1v) is 6.32. The highest BCUT2D eigenvalue weighted by Crippen LogP contribution is 2.25. The van der Waals surface area contributed by atoms with Gasteiger partial charge in [0.25, 0.3) is 0 Å². The van der Waals surface area contributed by atoms with Crippen LogP contribution >= 0.6 is 0 Å². The first kappa shape index (κ1) is 11.5. The average molecular weight is 272 g/mol. The molecule has 98 valence electrons. The molecule has 0 aliphatic heterocycles. The van der Waals surface area contributed by atoms with Gasteiger partial charge in [-0.05, 0) is 24.3 Å². The summed E-state index contributed by atoms with van der Waals surface area (Å²) < 4.78 is 1.79. The number of fused-ring (bicyclic) bond motifs is 2. The van der Waals surface area contributed by atoms with E-state index < -0.39 is 0 Å². The van der Waals surface area contributed by atoms with Crippen molar-refractivity contribution >= 4 is 16.7 Å². The Morgan fingerprint density at radius 1 is 1.00 bits per heavy atom. The smallest absolute Gasteiger partial charge is 0.170 e. The fourth-order valence-electron chi connectivity index (χ4n) is 2.31. The topological polar surface area (TPSA) is 79.8 Å². The molecular formula is C15H8N6. The number of benzene rings is 1. The van der Waals surface area contributed by atoms with E-state index in [9.17, 15) is 0 Å². The minimum Gasteiger partial charge on any atom is -0.281 e. The number of aromatic nitrogens is 5. The molecule has 0 saturated carbocycles. The highest BCUT2D eigenvalue weighted by molar-refractivity contribution is 5.89. The van der Waals surface area contributed by atoms with Crippen molar-refractivity contribution in [2.24, 2.45) is 0 Å². The number of rotatable bonds is 1. The summed E-state index contributed by atoms with van der Waals surface area (Å²) in [6.07, 6.45) is 5.03. The van der Waals surface area contributed by atoms with Gasteiger partial charge in [0, 0.05) is 24.2 Å². The summed E-state index contributed by atoms with van der Waals surface area (Å²) in [5, 5.41) is 17.4. The van der Waals surface area contributed by atoms with E-state index in [1.165, 1.54) is 0 Å². The van der Waals surface area contributed by atoms with Crippen LogP contribution < -0.4 is 0 Å². The van der Waals surface area contributed by atoms with Gasteiger partial charge < -0.3 is 0 Å². The van der Waals surface area contributed by atoms with Crippen LogP contribution in [0.5, 0.6) is 0 Å². The third kappa shape index (κ3) is 1.72. The minimum absolute atomic E-state index is 0.551. The molecule has 0 atom stereocenters. The summed E-state index contributed by atoms with van der Waals surface area (Å²) in [7, 11) is 0. The second kappa shape index (κ2) is 4.35. The van der Waals surface area contributed by atoms with Crippen molar-refractivity contribution < 1.29 is 0 Å². The van der Waals surface area contributed by atoms with Gasteiger partial charge in [0.05, 0.1) is 16.6 Å². The van der Waals surface area contributed by atoms with Gasteiger partial charge in [0.1, 0.15) is 6.07 Å². The van der Waals surface area contributed by atoms with Crippen LogP contribution in [0, 0.1) is 11.3 Å². The summed E-state index contributed by atoms with van der Waals surface area (Å²) >= 11 is 0. The predicted octanol–water partition coefficient (Wildman–Crippen LogP) is 2.21. The van der Waals surface area contributed by atoms with Gasteiger partial charge in [-0.2, -0.15) is 5.26 Å². The Morgan fingerprint density at radius 3 is 2.81 bits per heavy atom. The largest absolute Gasteiger partial charge is 0.281 e. The standard InChI is InChI=1S/C15H8N6/c16-8-10-4-5-13-19-20-15(21(13)9-10)11-2-1-3-12-14(11)18-7-6-17-12/h1-7,9H. The highest BCUT2D eigenvalue weighted by atomic mass is 15.2. The first-order chi connectivity index (χ1) is 10.4. The lowest BCUT2D eigenvalue weighted by Gasteiger charge is -2.03. The van der Waals surface area contributed by atoms with E-state index in [4.69, 9.17) is 5.26 Å². The van der Waals surface area contributed by atoms with Gasteiger partial charge in [-0.15, -0.1) is 10.2 Å². The van der Waals surface area contributed by atoms with Crippen molar-refractivity contribution in [2.45, 2.75) is 0 Å². The third-order valence-corrected chi connectivity index (χ3v) is 3.27. The highest BCUT2D eigenvalue weighted by Gasteiger charge is 2.12. The molecule has 4 rings (SSSR count). The summed E-state index contributed by atoms with van der Waals surface area (Å²) in [6.45, 7) is 0. The van der Waals surface area contributed by atoms with E-state index in [-0.39, 0.29) is 0 Å². The summed E-state index contributed by atoms with van der Waals surface area (Å²) in [4.78, 5) is 8.67. The fraction of sp³-hybridized carbons (Fsp3) is 0. The molecule has 0 saturated heterocycles. The average Bonchev–Trinajstić information content (AvgIpc) is 2.97. The number of para-hydroxylation sites is 1. The molecule has 0 unspecified atom stereocenters. The van der Waals surface area contributed by atoms with E-state index in [1.54, 1.807) is 35.1 Å². The molecule has 4 aromatic rings. The lowest BCUT2D eigenvalue weighted by molar-refractivity contribution is 1.11. The van der Waals surface area contributed by atoms with Gasteiger partial charge >= 0.3 is 0 Å². The van der Waals surface area contributed by atoms with Crippen LogP contribution in [0.2, 0.25) is 0 Å². The molecule has 0 fully saturated rings. The van der Waals surface area contributed by atoms with E-state index in [0.717, 1.165) is 16.6 Å². The zero-order chi connectivity index (χ0) is 14.2. The summed E-state index contributed by atoms with van der Waals surface area (Å²) in [5.74, 6) is 0.646. The zero-order valence-electron chi connectivity index (χ0n) is 10.8. The third-order valence-electron chi connectivity index (χ3n) is 3.27. The molecular weight excluding hydrogens is 264 g/mol. The van der Waals surface area contributed by atoms with Crippen LogP contribution in [0.15, 0.2) is 48.9 Å². The summed E-state index contributed by atoms with van der Waals surface area (Å²) in [6, 6.07) is 11.3. The van der Waals surface area contributed by atoms with Crippen LogP contribution in [0.4, 0.5) is 0 Å². The fourth-order valence-corrected chi connectivity index (χ4v) is 2.31. The van der Waals surface area contributed by atoms with Crippen molar-refractivity contribution in [1.29, 1.82) is 5.26 Å².